The largest absolute Gasteiger partial charge is 0.481 e. The van der Waals surface area contributed by atoms with Crippen LogP contribution in [0.15, 0.2) is 16.9 Å². The number of hydrogen-bond donors (Lipinski definition) is 1. The van der Waals surface area contributed by atoms with Gasteiger partial charge in [-0.2, -0.15) is 4.98 Å². The monoisotopic (exact) mass is 249 g/mol. The maximum Gasteiger partial charge on any atom is 0.227 e. The first-order chi connectivity index (χ1) is 8.72. The van der Waals surface area contributed by atoms with Crippen LogP contribution in [-0.2, 0) is 6.42 Å². The molecule has 0 bridgehead atoms. The Morgan fingerprint density at radius 3 is 3.00 bits per heavy atom. The molecule has 0 radical (unpaired) electrons. The van der Waals surface area contributed by atoms with E-state index >= 15 is 0 Å². The Morgan fingerprint density at radius 2 is 2.28 bits per heavy atom. The second-order valence-corrected chi connectivity index (χ2v) is 4.00. The minimum Gasteiger partial charge on any atom is -0.481 e. The molecule has 18 heavy (non-hydrogen) atoms. The van der Waals surface area contributed by atoms with Gasteiger partial charge in [-0.1, -0.05) is 12.1 Å². The van der Waals surface area contributed by atoms with Crippen molar-refractivity contribution in [3.63, 3.8) is 0 Å². The summed E-state index contributed by atoms with van der Waals surface area (Å²) in [4.78, 5) is 12.2. The van der Waals surface area contributed by atoms with E-state index in [1.807, 2.05) is 6.92 Å². The van der Waals surface area contributed by atoms with Gasteiger partial charge in [0.25, 0.3) is 0 Å². The predicted octanol–water partition coefficient (Wildman–Crippen LogP) is 0.672. The third-order valence-corrected chi connectivity index (χ3v) is 2.47. The van der Waals surface area contributed by atoms with Crippen molar-refractivity contribution < 1.29 is 9.26 Å². The molecule has 0 fully saturated rings. The second-order valence-electron chi connectivity index (χ2n) is 4.00. The molecule has 0 aliphatic rings. The van der Waals surface area contributed by atoms with E-state index in [2.05, 4.69) is 20.1 Å². The van der Waals surface area contributed by atoms with Crippen molar-refractivity contribution in [2.45, 2.75) is 13.3 Å². The van der Waals surface area contributed by atoms with Gasteiger partial charge in [-0.3, -0.25) is 0 Å². The van der Waals surface area contributed by atoms with E-state index in [9.17, 15) is 0 Å². The molecule has 2 heterocycles. The zero-order chi connectivity index (χ0) is 13.0. The molecule has 0 aliphatic heterocycles. The van der Waals surface area contributed by atoms with Gasteiger partial charge in [0.2, 0.25) is 17.6 Å². The van der Waals surface area contributed by atoms with E-state index in [1.165, 1.54) is 13.4 Å². The van der Waals surface area contributed by atoms with Crippen molar-refractivity contribution in [3.05, 3.63) is 18.3 Å². The van der Waals surface area contributed by atoms with Crippen LogP contribution in [0, 0.1) is 5.92 Å². The number of aromatic nitrogens is 4. The Bertz CT molecular complexity index is 514. The summed E-state index contributed by atoms with van der Waals surface area (Å²) in [5.74, 6) is 1.75. The molecule has 0 amide bonds. The standard InChI is InChI=1S/C11H15N5O2/c1-7(5-12)3-10-15-11(16-18-10)8-4-9(17-2)14-6-13-8/h4,6-7H,3,5,12H2,1-2H3. The molecule has 7 nitrogen and oxygen atoms in total. The normalized spacial score (nSPS) is 12.4. The van der Waals surface area contributed by atoms with Crippen LogP contribution >= 0.6 is 0 Å². The van der Waals surface area contributed by atoms with Crippen LogP contribution in [0.3, 0.4) is 0 Å². The van der Waals surface area contributed by atoms with Crippen molar-refractivity contribution in [2.75, 3.05) is 13.7 Å². The maximum atomic E-state index is 5.55. The van der Waals surface area contributed by atoms with Crippen molar-refractivity contribution in [1.82, 2.24) is 20.1 Å². The molecular formula is C11H15N5O2. The Labute approximate surface area is 104 Å². The summed E-state index contributed by atoms with van der Waals surface area (Å²) in [6.07, 6.45) is 2.05. The number of ether oxygens (including phenoxy) is 1. The van der Waals surface area contributed by atoms with E-state index in [0.717, 1.165) is 0 Å². The summed E-state index contributed by atoms with van der Waals surface area (Å²) in [5.41, 5.74) is 6.12. The van der Waals surface area contributed by atoms with E-state index in [-0.39, 0.29) is 0 Å². The van der Waals surface area contributed by atoms with Crippen molar-refractivity contribution in [1.29, 1.82) is 0 Å². The average Bonchev–Trinajstić information content (AvgIpc) is 2.87. The van der Waals surface area contributed by atoms with Crippen LogP contribution in [0.4, 0.5) is 0 Å². The Morgan fingerprint density at radius 1 is 1.44 bits per heavy atom. The quantitative estimate of drug-likeness (QED) is 0.831. The molecule has 2 aromatic rings. The van der Waals surface area contributed by atoms with Gasteiger partial charge >= 0.3 is 0 Å². The molecule has 1 atom stereocenters. The molecule has 96 valence electrons. The van der Waals surface area contributed by atoms with Crippen LogP contribution < -0.4 is 10.5 Å². The van der Waals surface area contributed by atoms with Crippen LogP contribution in [0.1, 0.15) is 12.8 Å². The molecule has 2 rings (SSSR count). The summed E-state index contributed by atoms with van der Waals surface area (Å²) in [6.45, 7) is 2.61. The molecule has 0 spiro atoms. The summed E-state index contributed by atoms with van der Waals surface area (Å²) in [6, 6.07) is 1.65. The first kappa shape index (κ1) is 12.4. The molecule has 2 aromatic heterocycles. The van der Waals surface area contributed by atoms with Crippen LogP contribution in [-0.4, -0.2) is 33.8 Å². The first-order valence-corrected chi connectivity index (χ1v) is 5.62. The highest BCUT2D eigenvalue weighted by Crippen LogP contribution is 2.17. The van der Waals surface area contributed by atoms with Gasteiger partial charge in [0.15, 0.2) is 0 Å². The Balaban J connectivity index is 2.18. The van der Waals surface area contributed by atoms with Gasteiger partial charge in [0.05, 0.1) is 7.11 Å². The highest BCUT2D eigenvalue weighted by atomic mass is 16.5. The maximum absolute atomic E-state index is 5.55. The summed E-state index contributed by atoms with van der Waals surface area (Å²) in [5, 5.41) is 3.88. The van der Waals surface area contributed by atoms with Gasteiger partial charge in [-0.25, -0.2) is 9.97 Å². The van der Waals surface area contributed by atoms with Gasteiger partial charge in [-0.15, -0.1) is 0 Å². The van der Waals surface area contributed by atoms with Crippen molar-refractivity contribution in [3.8, 4) is 17.4 Å². The lowest BCUT2D eigenvalue weighted by Crippen LogP contribution is -2.13. The fourth-order valence-corrected chi connectivity index (χ4v) is 1.40. The van der Waals surface area contributed by atoms with E-state index in [1.54, 1.807) is 6.07 Å². The smallest absolute Gasteiger partial charge is 0.227 e. The number of rotatable bonds is 5. The van der Waals surface area contributed by atoms with Gasteiger partial charge < -0.3 is 15.0 Å². The van der Waals surface area contributed by atoms with Crippen LogP contribution in [0.5, 0.6) is 5.88 Å². The fourth-order valence-electron chi connectivity index (χ4n) is 1.40. The zero-order valence-corrected chi connectivity index (χ0v) is 10.3. The molecule has 0 saturated heterocycles. The minimum atomic E-state index is 0.304. The number of hydrogen-bond acceptors (Lipinski definition) is 7. The first-order valence-electron chi connectivity index (χ1n) is 5.62. The summed E-state index contributed by atoms with van der Waals surface area (Å²) in [7, 11) is 1.54. The Kier molecular flexibility index (Phi) is 3.83. The Hall–Kier alpha value is -2.02. The zero-order valence-electron chi connectivity index (χ0n) is 10.3. The molecule has 0 saturated carbocycles. The molecule has 7 heteroatoms. The number of nitrogens with zero attached hydrogens (tertiary/aromatic N) is 4. The average molecular weight is 249 g/mol. The van der Waals surface area contributed by atoms with Gasteiger partial charge in [0, 0.05) is 12.5 Å². The molecule has 0 aliphatic carbocycles. The highest BCUT2D eigenvalue weighted by Gasteiger charge is 2.13. The van der Waals surface area contributed by atoms with Crippen LogP contribution in [0.2, 0.25) is 0 Å². The number of methoxy groups -OCH3 is 1. The fraction of sp³-hybridized carbons (Fsp3) is 0.455. The SMILES string of the molecule is COc1cc(-c2noc(CC(C)CN)n2)ncn1. The highest BCUT2D eigenvalue weighted by molar-refractivity contribution is 5.49. The third-order valence-electron chi connectivity index (χ3n) is 2.47. The topological polar surface area (TPSA) is 100.0 Å². The van der Waals surface area contributed by atoms with Gasteiger partial charge in [-0.05, 0) is 12.5 Å². The predicted molar refractivity (Wildman–Crippen MR) is 63.8 cm³/mol. The third kappa shape index (κ3) is 2.80. The molecule has 2 N–H and O–H groups in total. The van der Waals surface area contributed by atoms with E-state index in [0.29, 0.717) is 42.2 Å². The second kappa shape index (κ2) is 5.54. The lowest BCUT2D eigenvalue weighted by molar-refractivity contribution is 0.359. The lowest BCUT2D eigenvalue weighted by atomic mass is 10.1. The van der Waals surface area contributed by atoms with Crippen molar-refractivity contribution >= 4 is 0 Å². The molecule has 0 aromatic carbocycles. The van der Waals surface area contributed by atoms with E-state index < -0.39 is 0 Å². The van der Waals surface area contributed by atoms with Gasteiger partial charge in [0.1, 0.15) is 12.0 Å². The van der Waals surface area contributed by atoms with Crippen molar-refractivity contribution in [2.24, 2.45) is 11.7 Å². The summed E-state index contributed by atoms with van der Waals surface area (Å²) >= 11 is 0. The molecule has 1 unspecified atom stereocenters. The minimum absolute atomic E-state index is 0.304. The van der Waals surface area contributed by atoms with E-state index in [4.69, 9.17) is 15.0 Å². The summed E-state index contributed by atoms with van der Waals surface area (Å²) < 4.78 is 10.2. The number of nitrogens with two attached hydrogens (primary N) is 1. The molecular weight excluding hydrogens is 234 g/mol. The lowest BCUT2D eigenvalue weighted by Gasteiger charge is -2.01. The van der Waals surface area contributed by atoms with Crippen LogP contribution in [0.25, 0.3) is 11.5 Å².